The average molecular weight is 337 g/mol. The summed E-state index contributed by atoms with van der Waals surface area (Å²) in [4.78, 5) is 12.4. The van der Waals surface area contributed by atoms with Crippen LogP contribution in [0.5, 0.6) is 5.75 Å². The Hall–Kier alpha value is -1.78. The van der Waals surface area contributed by atoms with Crippen LogP contribution in [0.2, 0.25) is 5.02 Å². The first kappa shape index (κ1) is 17.6. The van der Waals surface area contributed by atoms with Crippen LogP contribution in [0, 0.1) is 0 Å². The van der Waals surface area contributed by atoms with Gasteiger partial charge in [0.1, 0.15) is 11.9 Å². The molecule has 2 rings (SSSR count). The minimum absolute atomic E-state index is 0.0755. The van der Waals surface area contributed by atoms with E-state index in [-0.39, 0.29) is 28.9 Å². The van der Waals surface area contributed by atoms with Gasteiger partial charge in [-0.2, -0.15) is 0 Å². The highest BCUT2D eigenvalue weighted by Crippen LogP contribution is 2.31. The first-order chi connectivity index (χ1) is 11.0. The van der Waals surface area contributed by atoms with Gasteiger partial charge >= 0.3 is 5.97 Å². The van der Waals surface area contributed by atoms with Crippen molar-refractivity contribution in [2.75, 3.05) is 0 Å². The standard InChI is InChI=1S/C18H21ClO4/c1-12-7-5-3-2-4-6-8-13(20)11-15-14(18(22)23-12)9-10-16(21)17(15)19/h3,5-6,8-10,12-13,20-21H,2,4,7,11H2,1H3/b5-3+,8-6+/t12-,13?/m1/s1. The third kappa shape index (κ3) is 4.85. The van der Waals surface area contributed by atoms with Gasteiger partial charge in [0.05, 0.1) is 16.7 Å². The van der Waals surface area contributed by atoms with E-state index in [4.69, 9.17) is 16.3 Å². The molecule has 0 fully saturated rings. The van der Waals surface area contributed by atoms with E-state index < -0.39 is 12.1 Å². The van der Waals surface area contributed by atoms with E-state index in [9.17, 15) is 15.0 Å². The number of hydrogen-bond acceptors (Lipinski definition) is 4. The van der Waals surface area contributed by atoms with Crippen molar-refractivity contribution in [1.82, 2.24) is 0 Å². The molecule has 23 heavy (non-hydrogen) atoms. The van der Waals surface area contributed by atoms with Crippen molar-refractivity contribution in [3.63, 3.8) is 0 Å². The van der Waals surface area contributed by atoms with Crippen molar-refractivity contribution in [3.8, 4) is 5.75 Å². The lowest BCUT2D eigenvalue weighted by Gasteiger charge is -2.17. The number of aliphatic hydroxyl groups excluding tert-OH is 1. The minimum Gasteiger partial charge on any atom is -0.506 e. The number of esters is 1. The second-order valence-corrected chi connectivity index (χ2v) is 6.00. The number of rotatable bonds is 0. The first-order valence-corrected chi connectivity index (χ1v) is 8.08. The molecular weight excluding hydrogens is 316 g/mol. The van der Waals surface area contributed by atoms with Crippen LogP contribution in [0.3, 0.4) is 0 Å². The molecule has 2 atom stereocenters. The molecular formula is C18H21ClO4. The number of cyclic esters (lactones) is 1. The number of phenolic OH excluding ortho intramolecular Hbond substituents is 1. The van der Waals surface area contributed by atoms with Gasteiger partial charge in [-0.3, -0.25) is 0 Å². The molecule has 0 aliphatic carbocycles. The van der Waals surface area contributed by atoms with E-state index in [2.05, 4.69) is 0 Å². The zero-order chi connectivity index (χ0) is 16.8. The maximum absolute atomic E-state index is 12.4. The number of phenols is 1. The van der Waals surface area contributed by atoms with Gasteiger partial charge in [-0.15, -0.1) is 0 Å². The number of benzene rings is 1. The van der Waals surface area contributed by atoms with Crippen LogP contribution < -0.4 is 0 Å². The number of halogens is 1. The van der Waals surface area contributed by atoms with Gasteiger partial charge in [0, 0.05) is 12.8 Å². The van der Waals surface area contributed by atoms with Crippen LogP contribution in [0.25, 0.3) is 0 Å². The van der Waals surface area contributed by atoms with Gasteiger partial charge in [0.15, 0.2) is 0 Å². The summed E-state index contributed by atoms with van der Waals surface area (Å²) in [5.74, 6) is -0.623. The van der Waals surface area contributed by atoms with Crippen LogP contribution in [0.4, 0.5) is 0 Å². The van der Waals surface area contributed by atoms with E-state index in [1.807, 2.05) is 25.2 Å². The lowest BCUT2D eigenvalue weighted by molar-refractivity contribution is 0.0346. The fourth-order valence-corrected chi connectivity index (χ4v) is 2.66. The van der Waals surface area contributed by atoms with Crippen LogP contribution in [-0.4, -0.2) is 28.4 Å². The quantitative estimate of drug-likeness (QED) is 0.558. The molecule has 0 radical (unpaired) electrons. The SMILES string of the molecule is C[C@@H]1C/C=C/CC/C=C/C(O)Cc2c(ccc(O)c2Cl)C(=O)O1. The Kier molecular flexibility index (Phi) is 6.25. The molecule has 0 saturated carbocycles. The maximum atomic E-state index is 12.4. The van der Waals surface area contributed by atoms with Gasteiger partial charge in [-0.05, 0) is 37.5 Å². The number of ether oxygens (including phenoxy) is 1. The number of carbonyl (C=O) groups is 1. The molecule has 0 bridgehead atoms. The summed E-state index contributed by atoms with van der Waals surface area (Å²) in [7, 11) is 0. The van der Waals surface area contributed by atoms with Crippen molar-refractivity contribution >= 4 is 17.6 Å². The lowest BCUT2D eigenvalue weighted by atomic mass is 10.00. The summed E-state index contributed by atoms with van der Waals surface area (Å²) < 4.78 is 5.42. The third-order valence-corrected chi connectivity index (χ3v) is 4.08. The molecule has 4 nitrogen and oxygen atoms in total. The summed E-state index contributed by atoms with van der Waals surface area (Å²) in [5.41, 5.74) is 0.668. The summed E-state index contributed by atoms with van der Waals surface area (Å²) in [5, 5.41) is 20.0. The topological polar surface area (TPSA) is 66.8 Å². The fraction of sp³-hybridized carbons (Fsp3) is 0.389. The predicted molar refractivity (Wildman–Crippen MR) is 89.8 cm³/mol. The number of carbonyl (C=O) groups excluding carboxylic acids is 1. The summed E-state index contributed by atoms with van der Waals surface area (Å²) in [6.45, 7) is 1.82. The summed E-state index contributed by atoms with van der Waals surface area (Å²) in [6, 6.07) is 2.84. The summed E-state index contributed by atoms with van der Waals surface area (Å²) in [6.07, 6.45) is 9.01. The molecule has 0 amide bonds. The van der Waals surface area contributed by atoms with E-state index in [1.54, 1.807) is 6.08 Å². The van der Waals surface area contributed by atoms with Crippen molar-refractivity contribution in [3.05, 3.63) is 52.6 Å². The van der Waals surface area contributed by atoms with Gasteiger partial charge in [-0.1, -0.05) is 35.9 Å². The number of allylic oxidation sites excluding steroid dienone is 2. The Bertz CT molecular complexity index is 622. The van der Waals surface area contributed by atoms with Crippen LogP contribution >= 0.6 is 11.6 Å². The van der Waals surface area contributed by atoms with E-state index in [0.29, 0.717) is 12.0 Å². The predicted octanol–water partition coefficient (Wildman–Crippen LogP) is 3.79. The highest BCUT2D eigenvalue weighted by molar-refractivity contribution is 6.33. The molecule has 1 aromatic carbocycles. The highest BCUT2D eigenvalue weighted by atomic mass is 35.5. The Morgan fingerprint density at radius 1 is 1.22 bits per heavy atom. The Morgan fingerprint density at radius 3 is 2.74 bits per heavy atom. The van der Waals surface area contributed by atoms with Gasteiger partial charge < -0.3 is 14.9 Å². The molecule has 5 heteroatoms. The molecule has 1 aromatic rings. The molecule has 0 spiro atoms. The second-order valence-electron chi connectivity index (χ2n) is 5.62. The Labute approximate surface area is 141 Å². The monoisotopic (exact) mass is 336 g/mol. The van der Waals surface area contributed by atoms with Gasteiger partial charge in [0.2, 0.25) is 0 Å². The molecule has 0 saturated heterocycles. The molecule has 1 aliphatic heterocycles. The zero-order valence-electron chi connectivity index (χ0n) is 13.0. The van der Waals surface area contributed by atoms with Gasteiger partial charge in [0.25, 0.3) is 0 Å². The van der Waals surface area contributed by atoms with Gasteiger partial charge in [-0.25, -0.2) is 4.79 Å². The van der Waals surface area contributed by atoms with Crippen molar-refractivity contribution < 1.29 is 19.7 Å². The van der Waals surface area contributed by atoms with E-state index in [1.165, 1.54) is 12.1 Å². The highest BCUT2D eigenvalue weighted by Gasteiger charge is 2.21. The third-order valence-electron chi connectivity index (χ3n) is 3.66. The molecule has 1 heterocycles. The number of aromatic hydroxyl groups is 1. The van der Waals surface area contributed by atoms with Crippen LogP contribution in [-0.2, 0) is 11.2 Å². The smallest absolute Gasteiger partial charge is 0.338 e. The maximum Gasteiger partial charge on any atom is 0.338 e. The molecule has 0 aromatic heterocycles. The van der Waals surface area contributed by atoms with Crippen molar-refractivity contribution in [2.24, 2.45) is 0 Å². The number of fused-ring (bicyclic) bond motifs is 1. The Morgan fingerprint density at radius 2 is 1.96 bits per heavy atom. The Balaban J connectivity index is 2.38. The molecule has 2 N–H and O–H groups in total. The number of aliphatic hydroxyl groups is 1. The van der Waals surface area contributed by atoms with E-state index in [0.717, 1.165) is 12.8 Å². The lowest BCUT2D eigenvalue weighted by Crippen LogP contribution is -2.18. The molecule has 1 aliphatic rings. The van der Waals surface area contributed by atoms with Crippen LogP contribution in [0.1, 0.15) is 42.1 Å². The largest absolute Gasteiger partial charge is 0.506 e. The fourth-order valence-electron chi connectivity index (χ4n) is 2.42. The molecule has 124 valence electrons. The number of hydrogen-bond donors (Lipinski definition) is 2. The normalized spacial score (nSPS) is 25.8. The van der Waals surface area contributed by atoms with E-state index >= 15 is 0 Å². The van der Waals surface area contributed by atoms with Crippen molar-refractivity contribution in [1.29, 1.82) is 0 Å². The molecule has 1 unspecified atom stereocenters. The average Bonchev–Trinajstić information content (AvgIpc) is 2.50. The minimum atomic E-state index is -0.787. The second kappa shape index (κ2) is 8.18. The zero-order valence-corrected chi connectivity index (χ0v) is 13.8. The van der Waals surface area contributed by atoms with Crippen LogP contribution in [0.15, 0.2) is 36.4 Å². The summed E-state index contributed by atoms with van der Waals surface area (Å²) >= 11 is 6.13. The van der Waals surface area contributed by atoms with Crippen molar-refractivity contribution in [2.45, 2.75) is 44.8 Å². The first-order valence-electron chi connectivity index (χ1n) is 7.70.